The SMILES string of the molecule is COc1cc(NC(=O)C(C)N2CCN(C)CC2)ccc1N. The zero-order valence-electron chi connectivity index (χ0n) is 12.9. The van der Waals surface area contributed by atoms with Gasteiger partial charge < -0.3 is 20.7 Å². The summed E-state index contributed by atoms with van der Waals surface area (Å²) < 4.78 is 5.16. The fourth-order valence-electron chi connectivity index (χ4n) is 2.41. The second kappa shape index (κ2) is 6.78. The van der Waals surface area contributed by atoms with E-state index in [1.165, 1.54) is 0 Å². The molecule has 1 saturated heterocycles. The van der Waals surface area contributed by atoms with Crippen molar-refractivity contribution in [3.05, 3.63) is 18.2 Å². The number of benzene rings is 1. The molecule has 1 heterocycles. The quantitative estimate of drug-likeness (QED) is 0.805. The first-order valence-electron chi connectivity index (χ1n) is 7.18. The normalized spacial score (nSPS) is 18.2. The first-order valence-corrected chi connectivity index (χ1v) is 7.18. The summed E-state index contributed by atoms with van der Waals surface area (Å²) in [7, 11) is 3.66. The number of likely N-dealkylation sites (N-methyl/N-ethyl adjacent to an activating group) is 1. The number of rotatable bonds is 4. The third-order valence-electron chi connectivity index (χ3n) is 3.97. The van der Waals surface area contributed by atoms with Gasteiger partial charge in [0.05, 0.1) is 18.8 Å². The molecule has 6 nitrogen and oxygen atoms in total. The van der Waals surface area contributed by atoms with Crippen LogP contribution < -0.4 is 15.8 Å². The van der Waals surface area contributed by atoms with E-state index in [1.807, 2.05) is 6.92 Å². The second-order valence-electron chi connectivity index (χ2n) is 5.46. The maximum atomic E-state index is 12.3. The molecular weight excluding hydrogens is 268 g/mol. The standard InChI is InChI=1S/C15H24N4O2/c1-11(19-8-6-18(2)7-9-19)15(20)17-12-4-5-13(16)14(10-12)21-3/h4-5,10-11H,6-9,16H2,1-3H3,(H,17,20). The van der Waals surface area contributed by atoms with Crippen molar-refractivity contribution in [3.8, 4) is 5.75 Å². The summed E-state index contributed by atoms with van der Waals surface area (Å²) >= 11 is 0. The summed E-state index contributed by atoms with van der Waals surface area (Å²) in [4.78, 5) is 16.8. The molecule has 116 valence electrons. The monoisotopic (exact) mass is 292 g/mol. The molecule has 1 atom stereocenters. The van der Waals surface area contributed by atoms with Crippen molar-refractivity contribution in [2.75, 3.05) is 51.4 Å². The van der Waals surface area contributed by atoms with E-state index in [2.05, 4.69) is 22.2 Å². The lowest BCUT2D eigenvalue weighted by atomic mass is 10.2. The van der Waals surface area contributed by atoms with Gasteiger partial charge in [0.15, 0.2) is 0 Å². The molecule has 0 aromatic heterocycles. The average molecular weight is 292 g/mol. The van der Waals surface area contributed by atoms with Crippen LogP contribution in [0.3, 0.4) is 0 Å². The summed E-state index contributed by atoms with van der Waals surface area (Å²) in [6.07, 6.45) is 0. The van der Waals surface area contributed by atoms with Gasteiger partial charge in [-0.1, -0.05) is 0 Å². The van der Waals surface area contributed by atoms with E-state index in [-0.39, 0.29) is 11.9 Å². The summed E-state index contributed by atoms with van der Waals surface area (Å²) in [5.41, 5.74) is 7.03. The van der Waals surface area contributed by atoms with Crippen molar-refractivity contribution in [1.29, 1.82) is 0 Å². The zero-order valence-corrected chi connectivity index (χ0v) is 12.9. The van der Waals surface area contributed by atoms with Gasteiger partial charge in [-0.05, 0) is 26.1 Å². The van der Waals surface area contributed by atoms with Crippen molar-refractivity contribution in [1.82, 2.24) is 9.80 Å². The largest absolute Gasteiger partial charge is 0.495 e. The Morgan fingerprint density at radius 2 is 2.00 bits per heavy atom. The molecule has 21 heavy (non-hydrogen) atoms. The first kappa shape index (κ1) is 15.6. The third kappa shape index (κ3) is 3.86. The van der Waals surface area contributed by atoms with Crippen molar-refractivity contribution >= 4 is 17.3 Å². The molecule has 1 aromatic rings. The predicted molar refractivity (Wildman–Crippen MR) is 84.6 cm³/mol. The van der Waals surface area contributed by atoms with Crippen LogP contribution in [0, 0.1) is 0 Å². The molecule has 0 aliphatic carbocycles. The third-order valence-corrected chi connectivity index (χ3v) is 3.97. The number of nitrogens with one attached hydrogen (secondary N) is 1. The van der Waals surface area contributed by atoms with Gasteiger partial charge in [-0.2, -0.15) is 0 Å². The van der Waals surface area contributed by atoms with Gasteiger partial charge in [0, 0.05) is 37.9 Å². The first-order chi connectivity index (χ1) is 10.0. The molecule has 6 heteroatoms. The topological polar surface area (TPSA) is 70.8 Å². The Morgan fingerprint density at radius 1 is 1.33 bits per heavy atom. The minimum absolute atomic E-state index is 0.00798. The smallest absolute Gasteiger partial charge is 0.241 e. The molecule has 0 spiro atoms. The summed E-state index contributed by atoms with van der Waals surface area (Å²) in [5.74, 6) is 0.562. The summed E-state index contributed by atoms with van der Waals surface area (Å²) in [6, 6.07) is 5.10. The van der Waals surface area contributed by atoms with Gasteiger partial charge in [0.25, 0.3) is 0 Å². The number of methoxy groups -OCH3 is 1. The summed E-state index contributed by atoms with van der Waals surface area (Å²) in [5, 5.41) is 2.92. The lowest BCUT2D eigenvalue weighted by molar-refractivity contribution is -0.121. The molecule has 1 aliphatic rings. The molecule has 1 unspecified atom stereocenters. The number of nitrogen functional groups attached to an aromatic ring is 1. The van der Waals surface area contributed by atoms with Crippen LogP contribution in [0.25, 0.3) is 0 Å². The molecule has 1 aliphatic heterocycles. The van der Waals surface area contributed by atoms with Crippen LogP contribution in [0.15, 0.2) is 18.2 Å². The number of piperazine rings is 1. The lowest BCUT2D eigenvalue weighted by Crippen LogP contribution is -2.51. The number of carbonyl (C=O) groups is 1. The Balaban J connectivity index is 1.97. The Labute approximate surface area is 125 Å². The second-order valence-corrected chi connectivity index (χ2v) is 5.46. The minimum Gasteiger partial charge on any atom is -0.495 e. The Morgan fingerprint density at radius 3 is 2.62 bits per heavy atom. The molecule has 3 N–H and O–H groups in total. The molecule has 0 radical (unpaired) electrons. The van der Waals surface area contributed by atoms with Crippen LogP contribution in [0.5, 0.6) is 5.75 Å². The number of amides is 1. The molecule has 0 saturated carbocycles. The zero-order chi connectivity index (χ0) is 15.4. The molecule has 1 amide bonds. The van der Waals surface area contributed by atoms with Crippen LogP contribution in [-0.2, 0) is 4.79 Å². The van der Waals surface area contributed by atoms with Gasteiger partial charge in [-0.3, -0.25) is 9.69 Å². The number of anilines is 2. The maximum absolute atomic E-state index is 12.3. The van der Waals surface area contributed by atoms with E-state index >= 15 is 0 Å². The van der Waals surface area contributed by atoms with Crippen molar-refractivity contribution < 1.29 is 9.53 Å². The van der Waals surface area contributed by atoms with Crippen LogP contribution in [0.2, 0.25) is 0 Å². The van der Waals surface area contributed by atoms with Gasteiger partial charge >= 0.3 is 0 Å². The fraction of sp³-hybridized carbons (Fsp3) is 0.533. The van der Waals surface area contributed by atoms with E-state index in [4.69, 9.17) is 10.5 Å². The van der Waals surface area contributed by atoms with Crippen LogP contribution in [0.1, 0.15) is 6.92 Å². The van der Waals surface area contributed by atoms with E-state index in [9.17, 15) is 4.79 Å². The Kier molecular flexibility index (Phi) is 5.03. The number of ether oxygens (including phenoxy) is 1. The highest BCUT2D eigenvalue weighted by Crippen LogP contribution is 2.25. The Hall–Kier alpha value is -1.79. The average Bonchev–Trinajstić information content (AvgIpc) is 2.49. The number of carbonyl (C=O) groups excluding carboxylic acids is 1. The van der Waals surface area contributed by atoms with Gasteiger partial charge in [0.1, 0.15) is 5.75 Å². The van der Waals surface area contributed by atoms with Gasteiger partial charge in [0.2, 0.25) is 5.91 Å². The van der Waals surface area contributed by atoms with Crippen LogP contribution >= 0.6 is 0 Å². The predicted octanol–water partition coefficient (Wildman–Crippen LogP) is 0.852. The number of nitrogens with two attached hydrogens (primary N) is 1. The van der Waals surface area contributed by atoms with Gasteiger partial charge in [-0.15, -0.1) is 0 Å². The van der Waals surface area contributed by atoms with E-state index in [1.54, 1.807) is 25.3 Å². The lowest BCUT2D eigenvalue weighted by Gasteiger charge is -2.35. The van der Waals surface area contributed by atoms with E-state index in [0.29, 0.717) is 17.1 Å². The maximum Gasteiger partial charge on any atom is 0.241 e. The van der Waals surface area contributed by atoms with Gasteiger partial charge in [-0.25, -0.2) is 0 Å². The van der Waals surface area contributed by atoms with E-state index in [0.717, 1.165) is 26.2 Å². The van der Waals surface area contributed by atoms with Crippen LogP contribution in [-0.4, -0.2) is 62.1 Å². The van der Waals surface area contributed by atoms with Crippen molar-refractivity contribution in [2.45, 2.75) is 13.0 Å². The van der Waals surface area contributed by atoms with E-state index < -0.39 is 0 Å². The fourth-order valence-corrected chi connectivity index (χ4v) is 2.41. The summed E-state index contributed by atoms with van der Waals surface area (Å²) in [6.45, 7) is 5.75. The van der Waals surface area contributed by atoms with Crippen LogP contribution in [0.4, 0.5) is 11.4 Å². The molecular formula is C15H24N4O2. The minimum atomic E-state index is -0.151. The highest BCUT2D eigenvalue weighted by atomic mass is 16.5. The number of nitrogens with zero attached hydrogens (tertiary/aromatic N) is 2. The molecule has 2 rings (SSSR count). The highest BCUT2D eigenvalue weighted by molar-refractivity contribution is 5.95. The molecule has 1 fully saturated rings. The number of hydrogen-bond donors (Lipinski definition) is 2. The highest BCUT2D eigenvalue weighted by Gasteiger charge is 2.24. The Bertz CT molecular complexity index is 498. The van der Waals surface area contributed by atoms with Crippen molar-refractivity contribution in [2.24, 2.45) is 0 Å². The molecule has 0 bridgehead atoms. The number of hydrogen-bond acceptors (Lipinski definition) is 5. The molecule has 1 aromatic carbocycles. The van der Waals surface area contributed by atoms with Crippen molar-refractivity contribution in [3.63, 3.8) is 0 Å².